The Balaban J connectivity index is 1.26. The second kappa shape index (κ2) is 6.14. The van der Waals surface area contributed by atoms with Gasteiger partial charge in [-0.2, -0.15) is 4.98 Å². The van der Waals surface area contributed by atoms with E-state index >= 15 is 0 Å². The van der Waals surface area contributed by atoms with E-state index < -0.39 is 0 Å². The number of pyridine rings is 1. The molecule has 116 valence electrons. The zero-order valence-corrected chi connectivity index (χ0v) is 12.7. The SMILES string of the molecule is c1cc(CN2CCN(Cc3noc(C4CC4)n3)CC2)ccn1. The highest BCUT2D eigenvalue weighted by atomic mass is 16.5. The predicted molar refractivity (Wildman–Crippen MR) is 81.1 cm³/mol. The third-order valence-electron chi connectivity index (χ3n) is 4.40. The standard InChI is InChI=1S/C16H21N5O/c1-2-14(1)16-18-15(19-22-16)12-21-9-7-20(8-10-21)11-13-3-5-17-6-4-13/h3-6,14H,1-2,7-12H2. The number of nitrogens with zero attached hydrogens (tertiary/aromatic N) is 5. The maximum absolute atomic E-state index is 5.33. The maximum atomic E-state index is 5.33. The summed E-state index contributed by atoms with van der Waals surface area (Å²) in [5.41, 5.74) is 1.33. The molecule has 0 N–H and O–H groups in total. The summed E-state index contributed by atoms with van der Waals surface area (Å²) in [6.45, 7) is 6.08. The molecule has 0 atom stereocenters. The number of rotatable bonds is 5. The van der Waals surface area contributed by atoms with E-state index in [2.05, 4.69) is 37.1 Å². The Hall–Kier alpha value is -1.79. The summed E-state index contributed by atoms with van der Waals surface area (Å²) in [5.74, 6) is 2.22. The highest BCUT2D eigenvalue weighted by Gasteiger charge is 2.30. The maximum Gasteiger partial charge on any atom is 0.229 e. The first-order valence-corrected chi connectivity index (χ1v) is 8.03. The number of hydrogen-bond acceptors (Lipinski definition) is 6. The van der Waals surface area contributed by atoms with Gasteiger partial charge in [0.15, 0.2) is 5.82 Å². The van der Waals surface area contributed by atoms with Crippen molar-refractivity contribution >= 4 is 0 Å². The van der Waals surface area contributed by atoms with Crippen molar-refractivity contribution < 1.29 is 4.52 Å². The zero-order chi connectivity index (χ0) is 14.8. The zero-order valence-electron chi connectivity index (χ0n) is 12.7. The summed E-state index contributed by atoms with van der Waals surface area (Å²) in [7, 11) is 0. The summed E-state index contributed by atoms with van der Waals surface area (Å²) >= 11 is 0. The quantitative estimate of drug-likeness (QED) is 0.837. The first-order valence-electron chi connectivity index (χ1n) is 8.03. The van der Waals surface area contributed by atoms with E-state index in [1.54, 1.807) is 0 Å². The molecule has 4 rings (SSSR count). The Morgan fingerprint density at radius 2 is 1.68 bits per heavy atom. The van der Waals surface area contributed by atoms with Crippen molar-refractivity contribution in [2.45, 2.75) is 31.8 Å². The summed E-state index contributed by atoms with van der Waals surface area (Å²) in [6, 6.07) is 4.18. The first kappa shape index (κ1) is 13.8. The third kappa shape index (κ3) is 3.34. The Kier molecular flexibility index (Phi) is 3.86. The van der Waals surface area contributed by atoms with E-state index in [0.717, 1.165) is 51.0 Å². The lowest BCUT2D eigenvalue weighted by molar-refractivity contribution is 0.119. The molecule has 0 spiro atoms. The number of aromatic nitrogens is 3. The van der Waals surface area contributed by atoms with Gasteiger partial charge >= 0.3 is 0 Å². The first-order chi connectivity index (χ1) is 10.9. The van der Waals surface area contributed by atoms with Gasteiger partial charge in [-0.25, -0.2) is 0 Å². The monoisotopic (exact) mass is 299 g/mol. The molecule has 1 aliphatic heterocycles. The van der Waals surface area contributed by atoms with Crippen molar-refractivity contribution in [1.29, 1.82) is 0 Å². The second-order valence-corrected chi connectivity index (χ2v) is 6.23. The topological polar surface area (TPSA) is 58.3 Å². The molecule has 22 heavy (non-hydrogen) atoms. The van der Waals surface area contributed by atoms with Crippen molar-refractivity contribution in [2.75, 3.05) is 26.2 Å². The molecule has 0 aromatic carbocycles. The van der Waals surface area contributed by atoms with Crippen molar-refractivity contribution in [1.82, 2.24) is 24.9 Å². The molecular weight excluding hydrogens is 278 g/mol. The van der Waals surface area contributed by atoms with E-state index in [1.165, 1.54) is 18.4 Å². The van der Waals surface area contributed by atoms with Crippen LogP contribution in [-0.2, 0) is 13.1 Å². The van der Waals surface area contributed by atoms with Crippen LogP contribution in [0, 0.1) is 0 Å². The molecule has 1 aliphatic carbocycles. The fourth-order valence-corrected chi connectivity index (χ4v) is 2.88. The molecule has 1 saturated carbocycles. The van der Waals surface area contributed by atoms with Gasteiger partial charge in [-0.1, -0.05) is 5.16 Å². The molecule has 2 aromatic rings. The molecule has 0 bridgehead atoms. The van der Waals surface area contributed by atoms with Gasteiger partial charge in [-0.3, -0.25) is 14.8 Å². The number of piperazine rings is 1. The summed E-state index contributed by atoms with van der Waals surface area (Å²) in [6.07, 6.45) is 6.13. The van der Waals surface area contributed by atoms with Crippen LogP contribution in [0.3, 0.4) is 0 Å². The second-order valence-electron chi connectivity index (χ2n) is 6.23. The van der Waals surface area contributed by atoms with Crippen LogP contribution in [0.25, 0.3) is 0 Å². The van der Waals surface area contributed by atoms with E-state index in [0.29, 0.717) is 5.92 Å². The molecule has 2 fully saturated rings. The van der Waals surface area contributed by atoms with Crippen LogP contribution in [0.5, 0.6) is 0 Å². The lowest BCUT2D eigenvalue weighted by atomic mass is 10.2. The Morgan fingerprint density at radius 1 is 1.00 bits per heavy atom. The number of hydrogen-bond donors (Lipinski definition) is 0. The summed E-state index contributed by atoms with van der Waals surface area (Å²) < 4.78 is 5.33. The van der Waals surface area contributed by atoms with Gasteiger partial charge in [0.25, 0.3) is 0 Å². The van der Waals surface area contributed by atoms with Gasteiger partial charge < -0.3 is 4.52 Å². The van der Waals surface area contributed by atoms with Gasteiger partial charge in [0, 0.05) is 51.0 Å². The fraction of sp³-hybridized carbons (Fsp3) is 0.562. The van der Waals surface area contributed by atoms with E-state index in [4.69, 9.17) is 4.52 Å². The van der Waals surface area contributed by atoms with Crippen LogP contribution in [0.1, 0.15) is 36.0 Å². The van der Waals surface area contributed by atoms with E-state index in [1.807, 2.05) is 12.4 Å². The molecule has 6 heteroatoms. The van der Waals surface area contributed by atoms with Crippen molar-refractivity contribution in [3.8, 4) is 0 Å². The van der Waals surface area contributed by atoms with Gasteiger partial charge in [-0.05, 0) is 30.5 Å². The van der Waals surface area contributed by atoms with Crippen molar-refractivity contribution in [2.24, 2.45) is 0 Å². The molecule has 1 saturated heterocycles. The molecule has 6 nitrogen and oxygen atoms in total. The van der Waals surface area contributed by atoms with E-state index in [9.17, 15) is 0 Å². The molecule has 0 unspecified atom stereocenters. The minimum atomic E-state index is 0.540. The molecule has 2 aromatic heterocycles. The van der Waals surface area contributed by atoms with Gasteiger partial charge in [0.2, 0.25) is 5.89 Å². The molecule has 0 radical (unpaired) electrons. The van der Waals surface area contributed by atoms with Crippen LogP contribution in [-0.4, -0.2) is 51.1 Å². The van der Waals surface area contributed by atoms with Crippen LogP contribution in [0.15, 0.2) is 29.0 Å². The molecule has 3 heterocycles. The largest absolute Gasteiger partial charge is 0.339 e. The highest BCUT2D eigenvalue weighted by molar-refractivity contribution is 5.09. The summed E-state index contributed by atoms with van der Waals surface area (Å²) in [4.78, 5) is 13.5. The third-order valence-corrected chi connectivity index (χ3v) is 4.40. The van der Waals surface area contributed by atoms with E-state index in [-0.39, 0.29) is 0 Å². The van der Waals surface area contributed by atoms with Crippen LogP contribution in [0.4, 0.5) is 0 Å². The molecule has 2 aliphatic rings. The van der Waals surface area contributed by atoms with Crippen molar-refractivity contribution in [3.63, 3.8) is 0 Å². The van der Waals surface area contributed by atoms with Crippen LogP contribution >= 0.6 is 0 Å². The minimum Gasteiger partial charge on any atom is -0.339 e. The minimum absolute atomic E-state index is 0.540. The highest BCUT2D eigenvalue weighted by Crippen LogP contribution is 2.38. The lowest BCUT2D eigenvalue weighted by Gasteiger charge is -2.34. The smallest absolute Gasteiger partial charge is 0.229 e. The fourth-order valence-electron chi connectivity index (χ4n) is 2.88. The van der Waals surface area contributed by atoms with Gasteiger partial charge in [0.1, 0.15) is 0 Å². The van der Waals surface area contributed by atoms with Gasteiger partial charge in [0.05, 0.1) is 6.54 Å². The Bertz CT molecular complexity index is 602. The molecule has 0 amide bonds. The molecular formula is C16H21N5O. The predicted octanol–water partition coefficient (Wildman–Crippen LogP) is 1.66. The Labute approximate surface area is 130 Å². The normalized spacial score (nSPS) is 20.4. The Morgan fingerprint density at radius 3 is 2.36 bits per heavy atom. The summed E-state index contributed by atoms with van der Waals surface area (Å²) in [5, 5.41) is 4.11. The van der Waals surface area contributed by atoms with Crippen LogP contribution in [0.2, 0.25) is 0 Å². The van der Waals surface area contributed by atoms with Crippen LogP contribution < -0.4 is 0 Å². The average Bonchev–Trinajstić information content (AvgIpc) is 3.30. The lowest BCUT2D eigenvalue weighted by Crippen LogP contribution is -2.45. The average molecular weight is 299 g/mol. The van der Waals surface area contributed by atoms with Gasteiger partial charge in [-0.15, -0.1) is 0 Å². The van der Waals surface area contributed by atoms with Crippen molar-refractivity contribution in [3.05, 3.63) is 41.8 Å².